The molecule has 0 fully saturated rings. The van der Waals surface area contributed by atoms with E-state index in [1.807, 2.05) is 42.5 Å². The topological polar surface area (TPSA) is 57.5 Å². The van der Waals surface area contributed by atoms with Gasteiger partial charge in [0.05, 0.1) is 6.42 Å². The van der Waals surface area contributed by atoms with Crippen molar-refractivity contribution in [3.8, 4) is 5.75 Å². The number of carboxylic acid groups (broad SMARTS) is 1. The standard InChI is InChI=1S/C16H16O3/c17-15-8-6-12(7-9-15)10-14(11-16(18)19)13-4-2-1-3-5-13/h1-9,14,17H,10-11H2,(H,18,19)/t14-/m0/s1. The maximum Gasteiger partial charge on any atom is 0.303 e. The van der Waals surface area contributed by atoms with Crippen LogP contribution in [0.15, 0.2) is 54.6 Å². The van der Waals surface area contributed by atoms with E-state index in [0.717, 1.165) is 11.1 Å². The Labute approximate surface area is 112 Å². The van der Waals surface area contributed by atoms with Gasteiger partial charge in [-0.2, -0.15) is 0 Å². The van der Waals surface area contributed by atoms with Crippen LogP contribution in [0, 0.1) is 0 Å². The van der Waals surface area contributed by atoms with Gasteiger partial charge in [-0.25, -0.2) is 0 Å². The molecule has 0 aliphatic carbocycles. The normalized spacial score (nSPS) is 12.0. The number of carbonyl (C=O) groups is 1. The fraction of sp³-hybridized carbons (Fsp3) is 0.188. The molecule has 0 saturated carbocycles. The molecule has 0 heterocycles. The van der Waals surface area contributed by atoms with Crippen LogP contribution in [0.3, 0.4) is 0 Å². The first-order valence-corrected chi connectivity index (χ1v) is 6.20. The molecule has 0 spiro atoms. The highest BCUT2D eigenvalue weighted by molar-refractivity contribution is 5.68. The fourth-order valence-electron chi connectivity index (χ4n) is 2.16. The molecular formula is C16H16O3. The van der Waals surface area contributed by atoms with Crippen molar-refractivity contribution in [1.82, 2.24) is 0 Å². The lowest BCUT2D eigenvalue weighted by Gasteiger charge is -2.15. The van der Waals surface area contributed by atoms with Gasteiger partial charge in [-0.15, -0.1) is 0 Å². The minimum Gasteiger partial charge on any atom is -0.508 e. The van der Waals surface area contributed by atoms with Gasteiger partial charge in [0.2, 0.25) is 0 Å². The van der Waals surface area contributed by atoms with Crippen LogP contribution in [0.2, 0.25) is 0 Å². The molecule has 2 N–H and O–H groups in total. The zero-order valence-corrected chi connectivity index (χ0v) is 10.5. The minimum atomic E-state index is -0.798. The van der Waals surface area contributed by atoms with Crippen LogP contribution in [0.4, 0.5) is 0 Å². The number of aliphatic carboxylic acids is 1. The van der Waals surface area contributed by atoms with E-state index in [4.69, 9.17) is 5.11 Å². The first-order chi connectivity index (χ1) is 9.15. The summed E-state index contributed by atoms with van der Waals surface area (Å²) in [6.45, 7) is 0. The highest BCUT2D eigenvalue weighted by Crippen LogP contribution is 2.25. The molecule has 0 aliphatic rings. The molecule has 0 radical (unpaired) electrons. The summed E-state index contributed by atoms with van der Waals surface area (Å²) in [5, 5.41) is 18.3. The van der Waals surface area contributed by atoms with Gasteiger partial charge in [-0.3, -0.25) is 4.79 Å². The predicted molar refractivity (Wildman–Crippen MR) is 73.2 cm³/mol. The fourth-order valence-corrected chi connectivity index (χ4v) is 2.16. The lowest BCUT2D eigenvalue weighted by molar-refractivity contribution is -0.137. The highest BCUT2D eigenvalue weighted by Gasteiger charge is 2.16. The van der Waals surface area contributed by atoms with E-state index in [2.05, 4.69) is 0 Å². The van der Waals surface area contributed by atoms with Gasteiger partial charge in [0.15, 0.2) is 0 Å². The number of aromatic hydroxyl groups is 1. The van der Waals surface area contributed by atoms with Crippen molar-refractivity contribution < 1.29 is 15.0 Å². The lowest BCUT2D eigenvalue weighted by atomic mass is 9.89. The van der Waals surface area contributed by atoms with Gasteiger partial charge in [-0.05, 0) is 35.6 Å². The molecule has 2 aromatic rings. The monoisotopic (exact) mass is 256 g/mol. The van der Waals surface area contributed by atoms with E-state index in [1.165, 1.54) is 0 Å². The number of hydrogen-bond donors (Lipinski definition) is 2. The summed E-state index contributed by atoms with van der Waals surface area (Å²) >= 11 is 0. The average molecular weight is 256 g/mol. The summed E-state index contributed by atoms with van der Waals surface area (Å²) in [6, 6.07) is 16.6. The Hall–Kier alpha value is -2.29. The van der Waals surface area contributed by atoms with Crippen LogP contribution in [0.5, 0.6) is 5.75 Å². The molecule has 0 unspecified atom stereocenters. The molecule has 3 nitrogen and oxygen atoms in total. The van der Waals surface area contributed by atoms with Gasteiger partial charge in [0.1, 0.15) is 5.75 Å². The SMILES string of the molecule is O=C(O)C[C@H](Cc1ccc(O)cc1)c1ccccc1. The summed E-state index contributed by atoms with van der Waals surface area (Å²) in [4.78, 5) is 11.0. The summed E-state index contributed by atoms with van der Waals surface area (Å²) in [5.74, 6) is -0.630. The van der Waals surface area contributed by atoms with E-state index in [-0.39, 0.29) is 18.1 Å². The van der Waals surface area contributed by atoms with Crippen molar-refractivity contribution in [2.45, 2.75) is 18.8 Å². The van der Waals surface area contributed by atoms with Crippen LogP contribution in [0.25, 0.3) is 0 Å². The lowest BCUT2D eigenvalue weighted by Crippen LogP contribution is -2.09. The maximum atomic E-state index is 11.0. The van der Waals surface area contributed by atoms with Crippen molar-refractivity contribution >= 4 is 5.97 Å². The van der Waals surface area contributed by atoms with Crippen molar-refractivity contribution in [2.24, 2.45) is 0 Å². The summed E-state index contributed by atoms with van der Waals surface area (Å²) in [6.07, 6.45) is 0.751. The van der Waals surface area contributed by atoms with Crippen LogP contribution in [-0.4, -0.2) is 16.2 Å². The third kappa shape index (κ3) is 3.85. The number of hydrogen-bond acceptors (Lipinski definition) is 2. The Morgan fingerprint density at radius 3 is 2.21 bits per heavy atom. The summed E-state index contributed by atoms with van der Waals surface area (Å²) in [7, 11) is 0. The first kappa shape index (κ1) is 13.1. The number of phenols is 1. The van der Waals surface area contributed by atoms with E-state index < -0.39 is 5.97 Å². The molecule has 2 aromatic carbocycles. The molecular weight excluding hydrogens is 240 g/mol. The predicted octanol–water partition coefficient (Wildman–Crippen LogP) is 3.19. The van der Waals surface area contributed by atoms with Crippen LogP contribution in [0.1, 0.15) is 23.5 Å². The van der Waals surface area contributed by atoms with Gasteiger partial charge in [0, 0.05) is 0 Å². The highest BCUT2D eigenvalue weighted by atomic mass is 16.4. The third-order valence-electron chi connectivity index (χ3n) is 3.11. The van der Waals surface area contributed by atoms with Crippen molar-refractivity contribution in [3.63, 3.8) is 0 Å². The van der Waals surface area contributed by atoms with E-state index in [1.54, 1.807) is 12.1 Å². The zero-order chi connectivity index (χ0) is 13.7. The second kappa shape index (κ2) is 6.05. The minimum absolute atomic E-state index is 0.0526. The van der Waals surface area contributed by atoms with Gasteiger partial charge < -0.3 is 10.2 Å². The van der Waals surface area contributed by atoms with E-state index in [0.29, 0.717) is 6.42 Å². The molecule has 3 heteroatoms. The summed E-state index contributed by atoms with van der Waals surface area (Å²) < 4.78 is 0. The maximum absolute atomic E-state index is 11.0. The van der Waals surface area contributed by atoms with Crippen molar-refractivity contribution in [3.05, 3.63) is 65.7 Å². The Morgan fingerprint density at radius 2 is 1.63 bits per heavy atom. The van der Waals surface area contributed by atoms with Crippen molar-refractivity contribution in [2.75, 3.05) is 0 Å². The molecule has 0 amide bonds. The second-order valence-corrected chi connectivity index (χ2v) is 4.58. The molecule has 0 saturated heterocycles. The van der Waals surface area contributed by atoms with Crippen LogP contribution in [-0.2, 0) is 11.2 Å². The molecule has 98 valence electrons. The number of rotatable bonds is 5. The smallest absolute Gasteiger partial charge is 0.303 e. The Morgan fingerprint density at radius 1 is 1.00 bits per heavy atom. The van der Waals surface area contributed by atoms with Gasteiger partial charge >= 0.3 is 5.97 Å². The molecule has 0 aromatic heterocycles. The molecule has 1 atom stereocenters. The van der Waals surface area contributed by atoms with E-state index >= 15 is 0 Å². The quantitative estimate of drug-likeness (QED) is 0.863. The van der Waals surface area contributed by atoms with E-state index in [9.17, 15) is 9.90 Å². The Balaban J connectivity index is 2.19. The summed E-state index contributed by atoms with van der Waals surface area (Å²) in [5.41, 5.74) is 2.05. The molecule has 2 rings (SSSR count). The first-order valence-electron chi connectivity index (χ1n) is 6.20. The number of phenolic OH excluding ortho intramolecular Hbond substituents is 1. The van der Waals surface area contributed by atoms with Crippen LogP contribution >= 0.6 is 0 Å². The number of benzene rings is 2. The Kier molecular flexibility index (Phi) is 4.18. The second-order valence-electron chi connectivity index (χ2n) is 4.58. The third-order valence-corrected chi connectivity index (χ3v) is 3.11. The van der Waals surface area contributed by atoms with Gasteiger partial charge in [-0.1, -0.05) is 42.5 Å². The van der Waals surface area contributed by atoms with Crippen molar-refractivity contribution in [1.29, 1.82) is 0 Å². The zero-order valence-electron chi connectivity index (χ0n) is 10.5. The Bertz CT molecular complexity index is 532. The molecule has 0 aliphatic heterocycles. The van der Waals surface area contributed by atoms with Gasteiger partial charge in [0.25, 0.3) is 0 Å². The largest absolute Gasteiger partial charge is 0.508 e. The number of carboxylic acids is 1. The average Bonchev–Trinajstić information content (AvgIpc) is 2.41. The molecule has 19 heavy (non-hydrogen) atoms. The molecule has 0 bridgehead atoms. The van der Waals surface area contributed by atoms with Crippen LogP contribution < -0.4 is 0 Å².